The van der Waals surface area contributed by atoms with Crippen LogP contribution in [-0.2, 0) is 20.4 Å². The fourth-order valence-corrected chi connectivity index (χ4v) is 3.22. The fraction of sp³-hybridized carbons (Fsp3) is 0.333. The van der Waals surface area contributed by atoms with E-state index in [9.17, 15) is 17.6 Å². The Labute approximate surface area is 133 Å². The Balaban J connectivity index is 1.94. The SMILES string of the molecule is Cc1cc(CS(=O)(=O)CC(=O)N[C@H](C)c2ccc(F)cc2)on1. The molecule has 0 aliphatic heterocycles. The zero-order chi connectivity index (χ0) is 17.0. The minimum Gasteiger partial charge on any atom is -0.360 e. The van der Waals surface area contributed by atoms with Crippen LogP contribution >= 0.6 is 0 Å². The third-order valence-electron chi connectivity index (χ3n) is 3.14. The number of halogens is 1. The van der Waals surface area contributed by atoms with Gasteiger partial charge in [0.1, 0.15) is 17.3 Å². The molecule has 124 valence electrons. The number of carbonyl (C=O) groups excluding carboxylic acids is 1. The molecule has 0 unspecified atom stereocenters. The van der Waals surface area contributed by atoms with Crippen LogP contribution in [0.3, 0.4) is 0 Å². The summed E-state index contributed by atoms with van der Waals surface area (Å²) in [5.41, 5.74) is 1.26. The lowest BCUT2D eigenvalue weighted by atomic mass is 10.1. The summed E-state index contributed by atoms with van der Waals surface area (Å²) < 4.78 is 41.7. The van der Waals surface area contributed by atoms with Crippen LogP contribution in [0.1, 0.15) is 30.0 Å². The van der Waals surface area contributed by atoms with Crippen molar-refractivity contribution in [2.75, 3.05) is 5.75 Å². The molecule has 0 aliphatic carbocycles. The van der Waals surface area contributed by atoms with Crippen LogP contribution in [0, 0.1) is 12.7 Å². The van der Waals surface area contributed by atoms with Gasteiger partial charge in [0.2, 0.25) is 5.91 Å². The molecule has 1 aromatic carbocycles. The van der Waals surface area contributed by atoms with Crippen molar-refractivity contribution in [3.05, 3.63) is 53.2 Å². The summed E-state index contributed by atoms with van der Waals surface area (Å²) in [7, 11) is -3.66. The Morgan fingerprint density at radius 3 is 2.57 bits per heavy atom. The predicted molar refractivity (Wildman–Crippen MR) is 81.7 cm³/mol. The number of aromatic nitrogens is 1. The van der Waals surface area contributed by atoms with Crippen LogP contribution in [0.25, 0.3) is 0 Å². The second-order valence-corrected chi connectivity index (χ2v) is 7.37. The fourth-order valence-electron chi connectivity index (χ4n) is 2.07. The second kappa shape index (κ2) is 6.91. The number of rotatable bonds is 6. The van der Waals surface area contributed by atoms with E-state index >= 15 is 0 Å². The molecule has 0 saturated carbocycles. The van der Waals surface area contributed by atoms with Gasteiger partial charge in [-0.2, -0.15) is 0 Å². The molecule has 0 spiro atoms. The molecule has 2 rings (SSSR count). The van der Waals surface area contributed by atoms with Gasteiger partial charge in [-0.1, -0.05) is 17.3 Å². The first-order valence-corrected chi connectivity index (χ1v) is 8.75. The molecule has 1 amide bonds. The van der Waals surface area contributed by atoms with Gasteiger partial charge >= 0.3 is 0 Å². The van der Waals surface area contributed by atoms with Gasteiger partial charge in [-0.25, -0.2) is 12.8 Å². The summed E-state index contributed by atoms with van der Waals surface area (Å²) in [5, 5.41) is 6.18. The van der Waals surface area contributed by atoms with Gasteiger partial charge in [0.05, 0.1) is 11.7 Å². The molecule has 0 saturated heterocycles. The molecule has 0 fully saturated rings. The minimum absolute atomic E-state index is 0.196. The molecule has 1 N–H and O–H groups in total. The molecular weight excluding hydrogens is 323 g/mol. The van der Waals surface area contributed by atoms with E-state index in [4.69, 9.17) is 4.52 Å². The molecule has 2 aromatic rings. The molecule has 0 aliphatic rings. The number of benzene rings is 1. The normalized spacial score (nSPS) is 12.8. The van der Waals surface area contributed by atoms with Crippen molar-refractivity contribution in [2.24, 2.45) is 0 Å². The smallest absolute Gasteiger partial charge is 0.235 e. The van der Waals surface area contributed by atoms with E-state index in [0.717, 1.165) is 0 Å². The van der Waals surface area contributed by atoms with Crippen molar-refractivity contribution in [1.82, 2.24) is 10.5 Å². The molecule has 23 heavy (non-hydrogen) atoms. The van der Waals surface area contributed by atoms with E-state index in [2.05, 4.69) is 10.5 Å². The van der Waals surface area contributed by atoms with Gasteiger partial charge in [-0.15, -0.1) is 0 Å². The van der Waals surface area contributed by atoms with Crippen molar-refractivity contribution in [3.8, 4) is 0 Å². The van der Waals surface area contributed by atoms with Crippen molar-refractivity contribution >= 4 is 15.7 Å². The van der Waals surface area contributed by atoms with Gasteiger partial charge in [0, 0.05) is 6.07 Å². The zero-order valence-electron chi connectivity index (χ0n) is 12.7. The van der Waals surface area contributed by atoms with E-state index < -0.39 is 27.5 Å². The lowest BCUT2D eigenvalue weighted by Crippen LogP contribution is -2.32. The number of nitrogens with zero attached hydrogens (tertiary/aromatic N) is 1. The van der Waals surface area contributed by atoms with Crippen LogP contribution in [-0.4, -0.2) is 25.2 Å². The molecule has 8 heteroatoms. The number of sulfone groups is 1. The van der Waals surface area contributed by atoms with Gasteiger partial charge in [-0.3, -0.25) is 4.79 Å². The number of carbonyl (C=O) groups is 1. The topological polar surface area (TPSA) is 89.3 Å². The number of amides is 1. The summed E-state index contributed by atoms with van der Waals surface area (Å²) in [5.74, 6) is -1.85. The van der Waals surface area contributed by atoms with E-state index in [0.29, 0.717) is 11.3 Å². The quantitative estimate of drug-likeness (QED) is 0.868. The standard InChI is InChI=1S/C15H17FN2O4S/c1-10-7-14(22-18-10)8-23(20,21)9-15(19)17-11(2)12-3-5-13(16)6-4-12/h3-7,11H,8-9H2,1-2H3,(H,17,19)/t11-/m1/s1. The van der Waals surface area contributed by atoms with Crippen molar-refractivity contribution in [2.45, 2.75) is 25.6 Å². The maximum Gasteiger partial charge on any atom is 0.235 e. The van der Waals surface area contributed by atoms with Crippen LogP contribution in [0.15, 0.2) is 34.9 Å². The molecular formula is C15H17FN2O4S. The minimum atomic E-state index is -3.66. The maximum atomic E-state index is 12.9. The van der Waals surface area contributed by atoms with Gasteiger partial charge in [0.25, 0.3) is 0 Å². The van der Waals surface area contributed by atoms with Gasteiger partial charge < -0.3 is 9.84 Å². The second-order valence-electron chi connectivity index (χ2n) is 5.31. The maximum absolute atomic E-state index is 12.9. The number of nitrogens with one attached hydrogen (secondary N) is 1. The van der Waals surface area contributed by atoms with Crippen LogP contribution < -0.4 is 5.32 Å². The first kappa shape index (κ1) is 17.1. The predicted octanol–water partition coefficient (Wildman–Crippen LogP) is 1.91. The first-order chi connectivity index (χ1) is 10.7. The summed E-state index contributed by atoms with van der Waals surface area (Å²) in [4.78, 5) is 11.9. The molecule has 0 radical (unpaired) electrons. The monoisotopic (exact) mass is 340 g/mol. The Bertz CT molecular complexity index is 784. The van der Waals surface area contributed by atoms with Crippen LogP contribution in [0.5, 0.6) is 0 Å². The average molecular weight is 340 g/mol. The Morgan fingerprint density at radius 2 is 2.00 bits per heavy atom. The Kier molecular flexibility index (Phi) is 5.15. The summed E-state index contributed by atoms with van der Waals surface area (Å²) >= 11 is 0. The number of hydrogen-bond donors (Lipinski definition) is 1. The summed E-state index contributed by atoms with van der Waals surface area (Å²) in [6, 6.07) is 6.71. The highest BCUT2D eigenvalue weighted by atomic mass is 32.2. The highest BCUT2D eigenvalue weighted by Crippen LogP contribution is 2.13. The van der Waals surface area contributed by atoms with Crippen LogP contribution in [0.4, 0.5) is 4.39 Å². The number of aryl methyl sites for hydroxylation is 1. The lowest BCUT2D eigenvalue weighted by molar-refractivity contribution is -0.119. The van der Waals surface area contributed by atoms with Crippen LogP contribution in [0.2, 0.25) is 0 Å². The van der Waals surface area contributed by atoms with E-state index in [1.54, 1.807) is 13.8 Å². The molecule has 6 nitrogen and oxygen atoms in total. The van der Waals surface area contributed by atoms with Gasteiger partial charge in [0.15, 0.2) is 15.6 Å². The molecule has 1 heterocycles. The molecule has 1 atom stereocenters. The molecule has 1 aromatic heterocycles. The Hall–Kier alpha value is -2.22. The van der Waals surface area contributed by atoms with Crippen molar-refractivity contribution < 1.29 is 22.1 Å². The third-order valence-corrected chi connectivity index (χ3v) is 4.56. The zero-order valence-corrected chi connectivity index (χ0v) is 13.6. The third kappa shape index (κ3) is 5.17. The highest BCUT2D eigenvalue weighted by Gasteiger charge is 2.21. The average Bonchev–Trinajstić information content (AvgIpc) is 2.82. The number of hydrogen-bond acceptors (Lipinski definition) is 5. The molecule has 0 bridgehead atoms. The van der Waals surface area contributed by atoms with E-state index in [1.807, 2.05) is 0 Å². The van der Waals surface area contributed by atoms with Gasteiger partial charge in [-0.05, 0) is 31.5 Å². The Morgan fingerprint density at radius 1 is 1.35 bits per heavy atom. The van der Waals surface area contributed by atoms with E-state index in [-0.39, 0.29) is 17.3 Å². The van der Waals surface area contributed by atoms with E-state index in [1.165, 1.54) is 30.3 Å². The van der Waals surface area contributed by atoms with Crippen molar-refractivity contribution in [1.29, 1.82) is 0 Å². The first-order valence-electron chi connectivity index (χ1n) is 6.92. The summed E-state index contributed by atoms with van der Waals surface area (Å²) in [6.45, 7) is 3.37. The lowest BCUT2D eigenvalue weighted by Gasteiger charge is -2.14. The summed E-state index contributed by atoms with van der Waals surface area (Å²) in [6.07, 6.45) is 0. The van der Waals surface area contributed by atoms with Crippen molar-refractivity contribution in [3.63, 3.8) is 0 Å². The highest BCUT2D eigenvalue weighted by molar-refractivity contribution is 7.91. The largest absolute Gasteiger partial charge is 0.360 e.